The number of piperidine rings is 1. The average Bonchev–Trinajstić information content (AvgIpc) is 2.71. The molecule has 0 aliphatic carbocycles. The topological polar surface area (TPSA) is 58.4 Å². The monoisotopic (exact) mass is 195 g/mol. The van der Waals surface area contributed by atoms with Gasteiger partial charge in [0.15, 0.2) is 0 Å². The Hall–Kier alpha value is -1.52. The van der Waals surface area contributed by atoms with Crippen LogP contribution in [-0.2, 0) is 0 Å². The number of hydrogen-bond donors (Lipinski definition) is 1. The predicted molar refractivity (Wildman–Crippen MR) is 50.1 cm³/mol. The highest BCUT2D eigenvalue weighted by Gasteiger charge is 2.23. The molecular weight excluding hydrogens is 182 g/mol. The van der Waals surface area contributed by atoms with E-state index in [-0.39, 0.29) is 0 Å². The molecule has 0 spiro atoms. The van der Waals surface area contributed by atoms with Crippen molar-refractivity contribution < 1.29 is 9.90 Å². The van der Waals surface area contributed by atoms with Crippen LogP contribution < -0.4 is 0 Å². The van der Waals surface area contributed by atoms with Gasteiger partial charge in [-0.05, 0) is 18.9 Å². The summed E-state index contributed by atoms with van der Waals surface area (Å²) in [6.07, 6.45) is 4.58. The Morgan fingerprint density at radius 3 is 2.64 bits per heavy atom. The van der Waals surface area contributed by atoms with Gasteiger partial charge >= 0.3 is 6.09 Å². The highest BCUT2D eigenvalue weighted by molar-refractivity contribution is 5.64. The molecule has 76 valence electrons. The third kappa shape index (κ3) is 1.71. The van der Waals surface area contributed by atoms with Crippen LogP contribution in [0.2, 0.25) is 0 Å². The molecule has 0 unspecified atom stereocenters. The van der Waals surface area contributed by atoms with Gasteiger partial charge in [-0.2, -0.15) is 5.10 Å². The number of carbonyl (C=O) groups is 1. The molecule has 1 amide bonds. The first-order valence-corrected chi connectivity index (χ1v) is 4.74. The fourth-order valence-electron chi connectivity index (χ4n) is 1.82. The molecule has 0 saturated carbocycles. The predicted octanol–water partition coefficient (Wildman–Crippen LogP) is 1.20. The maximum Gasteiger partial charge on any atom is 0.407 e. The number of hydrogen-bond acceptors (Lipinski definition) is 2. The maximum atomic E-state index is 10.7. The molecule has 0 atom stereocenters. The van der Waals surface area contributed by atoms with Gasteiger partial charge in [0.25, 0.3) is 0 Å². The zero-order valence-corrected chi connectivity index (χ0v) is 7.83. The number of amides is 1. The Bertz CT molecular complexity index is 302. The summed E-state index contributed by atoms with van der Waals surface area (Å²) in [5, 5.41) is 12.9. The highest BCUT2D eigenvalue weighted by Crippen LogP contribution is 2.21. The lowest BCUT2D eigenvalue weighted by Crippen LogP contribution is -2.38. The van der Waals surface area contributed by atoms with E-state index >= 15 is 0 Å². The Kier molecular flexibility index (Phi) is 2.39. The van der Waals surface area contributed by atoms with Crippen LogP contribution >= 0.6 is 0 Å². The van der Waals surface area contributed by atoms with Crippen molar-refractivity contribution in [3.8, 4) is 0 Å². The third-order valence-electron chi connectivity index (χ3n) is 2.63. The Balaban J connectivity index is 1.93. The standard InChI is InChI=1S/C9H13N3O2/c13-9(14)11-6-2-8(3-7-11)12-5-1-4-10-12/h1,4-5,8H,2-3,6-7H2,(H,13,14). The zero-order chi connectivity index (χ0) is 9.97. The molecule has 0 aromatic carbocycles. The summed E-state index contributed by atoms with van der Waals surface area (Å²) < 4.78 is 1.92. The molecule has 2 rings (SSSR count). The van der Waals surface area contributed by atoms with Gasteiger partial charge < -0.3 is 10.0 Å². The first-order chi connectivity index (χ1) is 6.77. The average molecular weight is 195 g/mol. The molecule has 1 fully saturated rings. The second-order valence-electron chi connectivity index (χ2n) is 3.49. The lowest BCUT2D eigenvalue weighted by molar-refractivity contribution is 0.124. The number of nitrogens with zero attached hydrogens (tertiary/aromatic N) is 3. The van der Waals surface area contributed by atoms with E-state index in [1.807, 2.05) is 16.9 Å². The molecule has 0 bridgehead atoms. The van der Waals surface area contributed by atoms with Crippen molar-refractivity contribution in [3.05, 3.63) is 18.5 Å². The Labute approximate surface area is 81.9 Å². The number of likely N-dealkylation sites (tertiary alicyclic amines) is 1. The maximum absolute atomic E-state index is 10.7. The summed E-state index contributed by atoms with van der Waals surface area (Å²) >= 11 is 0. The minimum absolute atomic E-state index is 0.362. The summed E-state index contributed by atoms with van der Waals surface area (Å²) in [7, 11) is 0. The highest BCUT2D eigenvalue weighted by atomic mass is 16.4. The first kappa shape index (κ1) is 9.05. The van der Waals surface area contributed by atoms with Crippen molar-refractivity contribution in [2.45, 2.75) is 18.9 Å². The fraction of sp³-hybridized carbons (Fsp3) is 0.556. The second kappa shape index (κ2) is 3.69. The third-order valence-corrected chi connectivity index (χ3v) is 2.63. The molecule has 1 saturated heterocycles. The molecule has 1 N–H and O–H groups in total. The van der Waals surface area contributed by atoms with Crippen LogP contribution in [0.4, 0.5) is 4.79 Å². The van der Waals surface area contributed by atoms with Crippen LogP contribution in [0.5, 0.6) is 0 Å². The van der Waals surface area contributed by atoms with Crippen LogP contribution in [0, 0.1) is 0 Å². The van der Waals surface area contributed by atoms with Gasteiger partial charge in [-0.15, -0.1) is 0 Å². The quantitative estimate of drug-likeness (QED) is 0.732. The minimum Gasteiger partial charge on any atom is -0.465 e. The van der Waals surface area contributed by atoms with Crippen LogP contribution in [0.3, 0.4) is 0 Å². The molecular formula is C9H13N3O2. The normalized spacial score (nSPS) is 18.4. The van der Waals surface area contributed by atoms with Gasteiger partial charge in [0.2, 0.25) is 0 Å². The van der Waals surface area contributed by atoms with Crippen molar-refractivity contribution in [1.82, 2.24) is 14.7 Å². The Morgan fingerprint density at radius 1 is 1.43 bits per heavy atom. The van der Waals surface area contributed by atoms with Gasteiger partial charge in [-0.25, -0.2) is 4.79 Å². The molecule has 1 aliphatic heterocycles. The first-order valence-electron chi connectivity index (χ1n) is 4.74. The van der Waals surface area contributed by atoms with E-state index < -0.39 is 6.09 Å². The van der Waals surface area contributed by atoms with Crippen LogP contribution in [0.15, 0.2) is 18.5 Å². The summed E-state index contributed by atoms with van der Waals surface area (Å²) in [5.74, 6) is 0. The second-order valence-corrected chi connectivity index (χ2v) is 3.49. The van der Waals surface area contributed by atoms with E-state index in [2.05, 4.69) is 5.10 Å². The van der Waals surface area contributed by atoms with Gasteiger partial charge in [-0.1, -0.05) is 0 Å². The van der Waals surface area contributed by atoms with Crippen molar-refractivity contribution in [2.75, 3.05) is 13.1 Å². The molecule has 14 heavy (non-hydrogen) atoms. The molecule has 5 nitrogen and oxygen atoms in total. The van der Waals surface area contributed by atoms with E-state index in [9.17, 15) is 4.79 Å². The van der Waals surface area contributed by atoms with Crippen molar-refractivity contribution in [2.24, 2.45) is 0 Å². The molecule has 0 radical (unpaired) electrons. The van der Waals surface area contributed by atoms with Crippen LogP contribution in [-0.4, -0.2) is 39.0 Å². The largest absolute Gasteiger partial charge is 0.465 e. The lowest BCUT2D eigenvalue weighted by atomic mass is 10.1. The summed E-state index contributed by atoms with van der Waals surface area (Å²) in [5.41, 5.74) is 0. The van der Waals surface area contributed by atoms with Crippen LogP contribution in [0.1, 0.15) is 18.9 Å². The van der Waals surface area contributed by atoms with E-state index in [0.717, 1.165) is 12.8 Å². The van der Waals surface area contributed by atoms with Gasteiger partial charge in [0, 0.05) is 25.5 Å². The summed E-state index contributed by atoms with van der Waals surface area (Å²) in [6, 6.07) is 2.25. The number of rotatable bonds is 1. The van der Waals surface area contributed by atoms with E-state index in [0.29, 0.717) is 19.1 Å². The molecule has 1 aliphatic rings. The molecule has 2 heterocycles. The molecule has 1 aromatic heterocycles. The van der Waals surface area contributed by atoms with Crippen LogP contribution in [0.25, 0.3) is 0 Å². The van der Waals surface area contributed by atoms with Crippen molar-refractivity contribution >= 4 is 6.09 Å². The van der Waals surface area contributed by atoms with E-state index in [1.54, 1.807) is 6.20 Å². The lowest BCUT2D eigenvalue weighted by Gasteiger charge is -2.29. The smallest absolute Gasteiger partial charge is 0.407 e. The van der Waals surface area contributed by atoms with E-state index in [1.165, 1.54) is 4.90 Å². The SMILES string of the molecule is O=C(O)N1CCC(n2cccn2)CC1. The minimum atomic E-state index is -0.816. The zero-order valence-electron chi connectivity index (χ0n) is 7.83. The molecule has 5 heteroatoms. The number of aromatic nitrogens is 2. The van der Waals surface area contributed by atoms with E-state index in [4.69, 9.17) is 5.11 Å². The van der Waals surface area contributed by atoms with Gasteiger partial charge in [0.05, 0.1) is 6.04 Å². The Morgan fingerprint density at radius 2 is 2.14 bits per heavy atom. The van der Waals surface area contributed by atoms with Gasteiger partial charge in [0.1, 0.15) is 0 Å². The van der Waals surface area contributed by atoms with Gasteiger partial charge in [-0.3, -0.25) is 4.68 Å². The fourth-order valence-corrected chi connectivity index (χ4v) is 1.82. The number of carboxylic acid groups (broad SMARTS) is 1. The van der Waals surface area contributed by atoms with Crippen molar-refractivity contribution in [1.29, 1.82) is 0 Å². The van der Waals surface area contributed by atoms with Crippen molar-refractivity contribution in [3.63, 3.8) is 0 Å². The molecule has 1 aromatic rings. The summed E-state index contributed by atoms with van der Waals surface area (Å²) in [6.45, 7) is 1.22. The summed E-state index contributed by atoms with van der Waals surface area (Å²) in [4.78, 5) is 12.1.